The van der Waals surface area contributed by atoms with Gasteiger partial charge in [0.2, 0.25) is 0 Å². The van der Waals surface area contributed by atoms with E-state index in [1.807, 2.05) is 0 Å². The maximum atomic E-state index is 13.8. The number of ketones is 1. The lowest BCUT2D eigenvalue weighted by atomic mass is 9.86. The average molecular weight is 488 g/mol. The fourth-order valence-corrected chi connectivity index (χ4v) is 3.92. The van der Waals surface area contributed by atoms with Crippen molar-refractivity contribution in [3.8, 4) is 6.07 Å². The zero-order valence-corrected chi connectivity index (χ0v) is 16.8. The molecule has 1 aliphatic rings. The molecule has 28 heavy (non-hydrogen) atoms. The Morgan fingerprint density at radius 1 is 1.11 bits per heavy atom. The highest BCUT2D eigenvalue weighted by molar-refractivity contribution is 9.10. The SMILES string of the molecule is N#CC1=C(c2ccc(Cl)cc2)N=C(C(F)(F)F)C1(Br)C(=O)c1cccc(Cl)c1. The minimum Gasteiger partial charge on any atom is -0.292 e. The lowest BCUT2D eigenvalue weighted by molar-refractivity contribution is -0.0605. The number of aliphatic imine (C=N–C) groups is 1. The van der Waals surface area contributed by atoms with Gasteiger partial charge in [-0.3, -0.25) is 4.79 Å². The second-order valence-corrected chi connectivity index (χ2v) is 7.86. The minimum absolute atomic E-state index is 0.0913. The van der Waals surface area contributed by atoms with Gasteiger partial charge in [-0.15, -0.1) is 0 Å². The van der Waals surface area contributed by atoms with E-state index in [-0.39, 0.29) is 21.8 Å². The first-order chi connectivity index (χ1) is 13.1. The number of benzene rings is 2. The molecular weight excluding hydrogens is 480 g/mol. The molecule has 1 atom stereocenters. The maximum Gasteiger partial charge on any atom is 0.431 e. The van der Waals surface area contributed by atoms with Crippen molar-refractivity contribution in [3.63, 3.8) is 0 Å². The van der Waals surface area contributed by atoms with Crippen molar-refractivity contribution in [1.82, 2.24) is 0 Å². The molecule has 9 heteroatoms. The quantitative estimate of drug-likeness (QED) is 0.379. The largest absolute Gasteiger partial charge is 0.431 e. The van der Waals surface area contributed by atoms with Gasteiger partial charge in [0.15, 0.2) is 15.8 Å². The smallest absolute Gasteiger partial charge is 0.292 e. The van der Waals surface area contributed by atoms with Gasteiger partial charge in [-0.2, -0.15) is 18.4 Å². The molecule has 1 heterocycles. The van der Waals surface area contributed by atoms with Crippen molar-refractivity contribution in [3.05, 3.63) is 75.3 Å². The number of alkyl halides is 4. The van der Waals surface area contributed by atoms with Crippen molar-refractivity contribution in [2.75, 3.05) is 0 Å². The number of nitriles is 1. The molecule has 0 fully saturated rings. The van der Waals surface area contributed by atoms with Crippen LogP contribution < -0.4 is 0 Å². The van der Waals surface area contributed by atoms with E-state index in [1.165, 1.54) is 48.5 Å². The van der Waals surface area contributed by atoms with E-state index in [0.29, 0.717) is 5.02 Å². The van der Waals surface area contributed by atoms with Crippen LogP contribution in [0.15, 0.2) is 59.1 Å². The summed E-state index contributed by atoms with van der Waals surface area (Å²) in [4.78, 5) is 16.7. The van der Waals surface area contributed by atoms with Crippen LogP contribution in [0.2, 0.25) is 10.0 Å². The van der Waals surface area contributed by atoms with Crippen LogP contribution in [0, 0.1) is 11.3 Å². The summed E-state index contributed by atoms with van der Waals surface area (Å²) in [5.41, 5.74) is -2.01. The van der Waals surface area contributed by atoms with Gasteiger partial charge in [0, 0.05) is 21.2 Å². The standard InChI is InChI=1S/C19H8BrCl2F3N2O/c20-18(16(28)11-2-1-3-13(22)8-11)14(9-26)15(27-17(18)19(23,24)25)10-4-6-12(21)7-5-10/h1-8H. The van der Waals surface area contributed by atoms with Gasteiger partial charge in [0.25, 0.3) is 0 Å². The van der Waals surface area contributed by atoms with E-state index in [9.17, 15) is 23.2 Å². The van der Waals surface area contributed by atoms with Crippen molar-refractivity contribution in [1.29, 1.82) is 5.26 Å². The summed E-state index contributed by atoms with van der Waals surface area (Å²) in [7, 11) is 0. The van der Waals surface area contributed by atoms with Crippen LogP contribution >= 0.6 is 39.1 Å². The van der Waals surface area contributed by atoms with Gasteiger partial charge >= 0.3 is 6.18 Å². The summed E-state index contributed by atoms with van der Waals surface area (Å²) in [6, 6.07) is 12.9. The molecule has 0 aromatic heterocycles. The summed E-state index contributed by atoms with van der Waals surface area (Å²) >= 11 is 14.6. The Morgan fingerprint density at radius 2 is 1.75 bits per heavy atom. The van der Waals surface area contributed by atoms with Crippen LogP contribution in [0.5, 0.6) is 0 Å². The summed E-state index contributed by atoms with van der Waals surface area (Å²) in [5, 5.41) is 10.2. The molecule has 3 nitrogen and oxygen atoms in total. The number of hydrogen-bond donors (Lipinski definition) is 0. The summed E-state index contributed by atoms with van der Waals surface area (Å²) in [5.74, 6) is -0.994. The Bertz CT molecular complexity index is 1070. The summed E-state index contributed by atoms with van der Waals surface area (Å²) in [6.07, 6.45) is -4.96. The van der Waals surface area contributed by atoms with Crippen LogP contribution in [0.25, 0.3) is 5.70 Å². The van der Waals surface area contributed by atoms with Crippen LogP contribution in [0.4, 0.5) is 13.2 Å². The number of halogens is 6. The van der Waals surface area contributed by atoms with E-state index in [2.05, 4.69) is 20.9 Å². The van der Waals surface area contributed by atoms with Crippen molar-refractivity contribution in [2.24, 2.45) is 4.99 Å². The number of Topliss-reactive ketones (excluding diaryl/α,β-unsaturated/α-hetero) is 1. The topological polar surface area (TPSA) is 53.2 Å². The first-order valence-electron chi connectivity index (χ1n) is 7.65. The molecule has 1 aliphatic heterocycles. The third-order valence-electron chi connectivity index (χ3n) is 4.03. The number of carbonyl (C=O) groups excluding carboxylic acids is 1. The van der Waals surface area contributed by atoms with Crippen LogP contribution in [-0.2, 0) is 0 Å². The highest BCUT2D eigenvalue weighted by Gasteiger charge is 2.59. The second kappa shape index (κ2) is 7.36. The van der Waals surface area contributed by atoms with Gasteiger partial charge in [-0.05, 0) is 24.3 Å². The number of carbonyl (C=O) groups is 1. The molecule has 0 saturated carbocycles. The number of rotatable bonds is 3. The summed E-state index contributed by atoms with van der Waals surface area (Å²) < 4.78 is 38.8. The molecular formula is C19H8BrCl2F3N2O. The second-order valence-electron chi connectivity index (χ2n) is 5.80. The van der Waals surface area contributed by atoms with Crippen LogP contribution in [-0.4, -0.2) is 22.0 Å². The average Bonchev–Trinajstić information content (AvgIpc) is 2.95. The monoisotopic (exact) mass is 486 g/mol. The molecule has 3 rings (SSSR count). The molecule has 2 aromatic carbocycles. The number of nitrogens with zero attached hydrogens (tertiary/aromatic N) is 2. The molecule has 1 unspecified atom stereocenters. The highest BCUT2D eigenvalue weighted by Crippen LogP contribution is 2.47. The van der Waals surface area contributed by atoms with Crippen molar-refractivity contribution >= 4 is 56.3 Å². The molecule has 0 bridgehead atoms. The molecule has 2 aromatic rings. The number of hydrogen-bond acceptors (Lipinski definition) is 3. The Labute approximate surface area is 176 Å². The third-order valence-corrected chi connectivity index (χ3v) is 5.65. The van der Waals surface area contributed by atoms with Gasteiger partial charge in [0.05, 0.1) is 17.3 Å². The molecule has 0 spiro atoms. The highest BCUT2D eigenvalue weighted by atomic mass is 79.9. The van der Waals surface area contributed by atoms with Crippen LogP contribution in [0.1, 0.15) is 15.9 Å². The van der Waals surface area contributed by atoms with Crippen LogP contribution in [0.3, 0.4) is 0 Å². The van der Waals surface area contributed by atoms with Crippen molar-refractivity contribution in [2.45, 2.75) is 10.5 Å². The van der Waals surface area contributed by atoms with E-state index in [4.69, 9.17) is 23.2 Å². The Balaban J connectivity index is 2.26. The molecule has 0 amide bonds. The lowest BCUT2D eigenvalue weighted by Crippen LogP contribution is -2.47. The van der Waals surface area contributed by atoms with Gasteiger partial charge in [0.1, 0.15) is 0 Å². The first kappa shape index (κ1) is 20.6. The van der Waals surface area contributed by atoms with E-state index in [0.717, 1.165) is 0 Å². The predicted octanol–water partition coefficient (Wildman–Crippen LogP) is 6.26. The summed E-state index contributed by atoms with van der Waals surface area (Å²) in [6.45, 7) is 0. The van der Waals surface area contributed by atoms with E-state index < -0.39 is 27.6 Å². The van der Waals surface area contributed by atoms with E-state index in [1.54, 1.807) is 6.07 Å². The molecule has 0 aliphatic carbocycles. The predicted molar refractivity (Wildman–Crippen MR) is 105 cm³/mol. The zero-order valence-electron chi connectivity index (χ0n) is 13.7. The third kappa shape index (κ3) is 3.48. The molecule has 0 N–H and O–H groups in total. The van der Waals surface area contributed by atoms with Gasteiger partial charge in [-0.1, -0.05) is 63.4 Å². The molecule has 0 radical (unpaired) electrons. The fourth-order valence-electron chi connectivity index (χ4n) is 2.78. The first-order valence-corrected chi connectivity index (χ1v) is 9.20. The van der Waals surface area contributed by atoms with E-state index >= 15 is 0 Å². The normalized spacial score (nSPS) is 19.4. The Hall–Kier alpha value is -2.14. The molecule has 0 saturated heterocycles. The Kier molecular flexibility index (Phi) is 5.41. The fraction of sp³-hybridized carbons (Fsp3) is 0.105. The maximum absolute atomic E-state index is 13.8. The number of allylic oxidation sites excluding steroid dienone is 1. The minimum atomic E-state index is -4.96. The Morgan fingerprint density at radius 3 is 2.29 bits per heavy atom. The zero-order chi connectivity index (χ0) is 20.7. The lowest BCUT2D eigenvalue weighted by Gasteiger charge is -2.24. The van der Waals surface area contributed by atoms with Gasteiger partial charge < -0.3 is 0 Å². The van der Waals surface area contributed by atoms with Gasteiger partial charge in [-0.25, -0.2) is 4.99 Å². The van der Waals surface area contributed by atoms with Crippen molar-refractivity contribution < 1.29 is 18.0 Å². The molecule has 142 valence electrons.